The molecule has 7 heteroatoms. The highest BCUT2D eigenvalue weighted by Gasteiger charge is 2.31. The van der Waals surface area contributed by atoms with Gasteiger partial charge < -0.3 is 20.4 Å². The van der Waals surface area contributed by atoms with E-state index in [1.807, 2.05) is 9.80 Å². The monoisotopic (exact) mass is 356 g/mol. The van der Waals surface area contributed by atoms with E-state index in [2.05, 4.69) is 16.7 Å². The molecule has 0 spiro atoms. The highest BCUT2D eigenvalue weighted by molar-refractivity contribution is 5.85. The standard InChI is InChI=1S/C17H28N4O2.ClH/c22-16(19-12-14-5-7-18-8-6-14)15-4-3-11-21(13-15)17(23)20-9-1-2-10-20;/h5,15,18H,1-4,6-13H2,(H,19,22);1H. The number of rotatable bonds is 3. The molecule has 0 aromatic carbocycles. The number of likely N-dealkylation sites (tertiary alicyclic amines) is 2. The van der Waals surface area contributed by atoms with Crippen molar-refractivity contribution in [2.75, 3.05) is 45.8 Å². The van der Waals surface area contributed by atoms with Gasteiger partial charge in [-0.05, 0) is 38.6 Å². The fraction of sp³-hybridized carbons (Fsp3) is 0.765. The van der Waals surface area contributed by atoms with Crippen molar-refractivity contribution < 1.29 is 9.59 Å². The Bertz CT molecular complexity index is 477. The number of hydrogen-bond donors (Lipinski definition) is 2. The fourth-order valence-electron chi connectivity index (χ4n) is 3.65. The summed E-state index contributed by atoms with van der Waals surface area (Å²) in [4.78, 5) is 28.7. The quantitative estimate of drug-likeness (QED) is 0.751. The van der Waals surface area contributed by atoms with E-state index < -0.39 is 0 Å². The number of carbonyl (C=O) groups excluding carboxylic acids is 2. The minimum absolute atomic E-state index is 0. The summed E-state index contributed by atoms with van der Waals surface area (Å²) in [7, 11) is 0. The molecule has 0 bridgehead atoms. The molecule has 0 radical (unpaired) electrons. The van der Waals surface area contributed by atoms with E-state index >= 15 is 0 Å². The Morgan fingerprint density at radius 2 is 1.92 bits per heavy atom. The molecule has 3 amide bonds. The first-order valence-electron chi connectivity index (χ1n) is 8.94. The minimum Gasteiger partial charge on any atom is -0.352 e. The van der Waals surface area contributed by atoms with Crippen LogP contribution in [0.25, 0.3) is 0 Å². The van der Waals surface area contributed by atoms with Crippen LogP contribution in [0.2, 0.25) is 0 Å². The Hall–Kier alpha value is -1.27. The van der Waals surface area contributed by atoms with Crippen LogP contribution in [-0.4, -0.2) is 67.6 Å². The van der Waals surface area contributed by atoms with Crippen LogP contribution in [0.15, 0.2) is 11.6 Å². The molecule has 3 rings (SSSR count). The summed E-state index contributed by atoms with van der Waals surface area (Å²) in [5.41, 5.74) is 1.30. The molecule has 2 saturated heterocycles. The zero-order valence-corrected chi connectivity index (χ0v) is 15.1. The number of urea groups is 1. The maximum atomic E-state index is 12.5. The lowest BCUT2D eigenvalue weighted by molar-refractivity contribution is -0.126. The molecule has 3 heterocycles. The minimum atomic E-state index is -0.0578. The smallest absolute Gasteiger partial charge is 0.320 e. The average Bonchev–Trinajstić information content (AvgIpc) is 3.14. The van der Waals surface area contributed by atoms with E-state index in [9.17, 15) is 9.59 Å². The third-order valence-corrected chi connectivity index (χ3v) is 5.09. The molecule has 0 aromatic rings. The third-order valence-electron chi connectivity index (χ3n) is 5.09. The van der Waals surface area contributed by atoms with Gasteiger partial charge in [-0.2, -0.15) is 0 Å². The van der Waals surface area contributed by atoms with Gasteiger partial charge >= 0.3 is 6.03 Å². The normalized spacial score (nSPS) is 24.2. The van der Waals surface area contributed by atoms with E-state index in [0.717, 1.165) is 64.8 Å². The van der Waals surface area contributed by atoms with Crippen molar-refractivity contribution in [2.24, 2.45) is 5.92 Å². The largest absolute Gasteiger partial charge is 0.352 e. The fourth-order valence-corrected chi connectivity index (χ4v) is 3.65. The first kappa shape index (κ1) is 19.1. The van der Waals surface area contributed by atoms with Crippen molar-refractivity contribution >= 4 is 24.3 Å². The highest BCUT2D eigenvalue weighted by atomic mass is 35.5. The van der Waals surface area contributed by atoms with Crippen LogP contribution < -0.4 is 10.6 Å². The lowest BCUT2D eigenvalue weighted by atomic mass is 9.97. The lowest BCUT2D eigenvalue weighted by Crippen LogP contribution is -2.49. The Labute approximate surface area is 150 Å². The predicted molar refractivity (Wildman–Crippen MR) is 96.3 cm³/mol. The number of hydrogen-bond acceptors (Lipinski definition) is 3. The van der Waals surface area contributed by atoms with Crippen LogP contribution in [0.4, 0.5) is 4.79 Å². The summed E-state index contributed by atoms with van der Waals surface area (Å²) >= 11 is 0. The lowest BCUT2D eigenvalue weighted by Gasteiger charge is -2.34. The highest BCUT2D eigenvalue weighted by Crippen LogP contribution is 2.20. The Kier molecular flexibility index (Phi) is 7.37. The second kappa shape index (κ2) is 9.28. The third kappa shape index (κ3) is 4.86. The molecular weight excluding hydrogens is 328 g/mol. The van der Waals surface area contributed by atoms with Gasteiger partial charge in [0.1, 0.15) is 0 Å². The van der Waals surface area contributed by atoms with Gasteiger partial charge in [-0.25, -0.2) is 4.79 Å². The first-order valence-corrected chi connectivity index (χ1v) is 8.94. The Morgan fingerprint density at radius 1 is 1.17 bits per heavy atom. The summed E-state index contributed by atoms with van der Waals surface area (Å²) in [6, 6.07) is 0.126. The number of nitrogens with zero attached hydrogens (tertiary/aromatic N) is 2. The second-order valence-corrected chi connectivity index (χ2v) is 6.80. The zero-order chi connectivity index (χ0) is 16.1. The van der Waals surface area contributed by atoms with Crippen molar-refractivity contribution in [1.82, 2.24) is 20.4 Å². The van der Waals surface area contributed by atoms with Gasteiger partial charge in [0, 0.05) is 39.3 Å². The van der Waals surface area contributed by atoms with E-state index in [-0.39, 0.29) is 30.3 Å². The van der Waals surface area contributed by atoms with Crippen LogP contribution in [0.3, 0.4) is 0 Å². The predicted octanol–water partition coefficient (Wildman–Crippen LogP) is 1.37. The maximum absolute atomic E-state index is 12.5. The van der Waals surface area contributed by atoms with E-state index in [0.29, 0.717) is 13.1 Å². The van der Waals surface area contributed by atoms with Crippen molar-refractivity contribution in [3.05, 3.63) is 11.6 Å². The van der Waals surface area contributed by atoms with Crippen molar-refractivity contribution in [1.29, 1.82) is 0 Å². The molecular formula is C17H29ClN4O2. The number of nitrogens with one attached hydrogen (secondary N) is 2. The van der Waals surface area contributed by atoms with Crippen LogP contribution in [-0.2, 0) is 4.79 Å². The van der Waals surface area contributed by atoms with Gasteiger partial charge in [0.15, 0.2) is 0 Å². The van der Waals surface area contributed by atoms with E-state index in [4.69, 9.17) is 0 Å². The molecule has 0 saturated carbocycles. The summed E-state index contributed by atoms with van der Waals surface area (Å²) in [5.74, 6) is 0.0426. The van der Waals surface area contributed by atoms with Gasteiger partial charge in [0.25, 0.3) is 0 Å². The van der Waals surface area contributed by atoms with Gasteiger partial charge in [-0.1, -0.05) is 11.6 Å². The molecule has 2 N–H and O–H groups in total. The van der Waals surface area contributed by atoms with E-state index in [1.165, 1.54) is 5.57 Å². The molecule has 3 aliphatic heterocycles. The average molecular weight is 357 g/mol. The van der Waals surface area contributed by atoms with Gasteiger partial charge in [-0.15, -0.1) is 12.4 Å². The number of carbonyl (C=O) groups is 2. The number of halogens is 1. The van der Waals surface area contributed by atoms with Crippen LogP contribution in [0, 0.1) is 5.92 Å². The van der Waals surface area contributed by atoms with Crippen molar-refractivity contribution in [3.63, 3.8) is 0 Å². The molecule has 24 heavy (non-hydrogen) atoms. The Morgan fingerprint density at radius 3 is 2.62 bits per heavy atom. The van der Waals surface area contributed by atoms with Crippen molar-refractivity contribution in [2.45, 2.75) is 32.1 Å². The van der Waals surface area contributed by atoms with Gasteiger partial charge in [0.2, 0.25) is 5.91 Å². The molecule has 3 aliphatic rings. The van der Waals surface area contributed by atoms with Gasteiger partial charge in [0.05, 0.1) is 5.92 Å². The molecule has 136 valence electrons. The topological polar surface area (TPSA) is 64.7 Å². The zero-order valence-electron chi connectivity index (χ0n) is 14.3. The molecule has 1 atom stereocenters. The SMILES string of the molecule is Cl.O=C(NCC1=CCNCC1)C1CCCN(C(=O)N2CCCC2)C1. The number of amides is 3. The maximum Gasteiger partial charge on any atom is 0.320 e. The first-order chi connectivity index (χ1) is 11.2. The van der Waals surface area contributed by atoms with Crippen molar-refractivity contribution in [3.8, 4) is 0 Å². The van der Waals surface area contributed by atoms with Crippen LogP contribution >= 0.6 is 12.4 Å². The molecule has 1 unspecified atom stereocenters. The molecule has 0 aliphatic carbocycles. The molecule has 0 aromatic heterocycles. The molecule has 6 nitrogen and oxygen atoms in total. The Balaban J connectivity index is 0.00000208. The van der Waals surface area contributed by atoms with Crippen LogP contribution in [0.1, 0.15) is 32.1 Å². The summed E-state index contributed by atoms with van der Waals surface area (Å²) in [5, 5.41) is 6.34. The summed E-state index contributed by atoms with van der Waals surface area (Å²) in [6.45, 7) is 5.63. The van der Waals surface area contributed by atoms with E-state index in [1.54, 1.807) is 0 Å². The number of piperidine rings is 1. The molecule has 2 fully saturated rings. The summed E-state index contributed by atoms with van der Waals surface area (Å²) in [6.07, 6.45) is 7.18. The summed E-state index contributed by atoms with van der Waals surface area (Å²) < 4.78 is 0. The van der Waals surface area contributed by atoms with Crippen LogP contribution in [0.5, 0.6) is 0 Å². The second-order valence-electron chi connectivity index (χ2n) is 6.80. The van der Waals surface area contributed by atoms with Gasteiger partial charge in [-0.3, -0.25) is 4.79 Å².